The maximum absolute atomic E-state index is 12.5. The molecule has 58 heavy (non-hydrogen) atoms. The van der Waals surface area contributed by atoms with Gasteiger partial charge in [0.2, 0.25) is 0 Å². The van der Waals surface area contributed by atoms with Crippen molar-refractivity contribution in [2.24, 2.45) is 0 Å². The number of benzene rings is 2. The molecule has 310 valence electrons. The number of aromatic amines is 2. The molecule has 0 saturated carbocycles. The van der Waals surface area contributed by atoms with E-state index in [0.717, 1.165) is 25.9 Å². The third kappa shape index (κ3) is 15.4. The first-order chi connectivity index (χ1) is 27.3. The Labute approximate surface area is 324 Å². The highest BCUT2D eigenvalue weighted by Crippen LogP contribution is 2.21. The number of halogens is 6. The van der Waals surface area contributed by atoms with E-state index in [1.165, 1.54) is 12.4 Å². The van der Waals surface area contributed by atoms with Crippen molar-refractivity contribution in [2.75, 3.05) is 39.3 Å². The van der Waals surface area contributed by atoms with E-state index in [-0.39, 0.29) is 11.1 Å². The summed E-state index contributed by atoms with van der Waals surface area (Å²) in [5.41, 5.74) is 2.72. The topological polar surface area (TPSA) is 270 Å². The first-order valence-corrected chi connectivity index (χ1v) is 17.0. The molecule has 0 saturated heterocycles. The Morgan fingerprint density at radius 3 is 1.21 bits per heavy atom. The number of ketones is 2. The van der Waals surface area contributed by atoms with Gasteiger partial charge in [-0.3, -0.25) is 19.2 Å². The third-order valence-electron chi connectivity index (χ3n) is 7.60. The van der Waals surface area contributed by atoms with Crippen LogP contribution in [0, 0.1) is 22.7 Å². The lowest BCUT2D eigenvalue weighted by Gasteiger charge is -2.08. The number of H-pyrrole nitrogens is 2. The standard InChI is InChI=1S/C32H34N8O4.2C2HF3O2/c33-17-21-5-7-27-23(15-21)25(19-39-27)29(41)31(43)37-13-3-11-35-9-1-2-10-36-12-4-14-38-32(44)30(42)26-20-40-28-8-6-22(18-34)16-24(26)28;2*3-2(4,5)1(6)7/h5-8,15-16,19-20,35-36,39-40H,1-4,9-14H2,(H,37,43)(H,38,44);2*(H,6,7). The fourth-order valence-electron chi connectivity index (χ4n) is 4.74. The lowest BCUT2D eigenvalue weighted by molar-refractivity contribution is -0.193. The number of nitrogens with zero attached hydrogens (tertiary/aromatic N) is 2. The number of carbonyl (C=O) groups excluding carboxylic acids is 4. The van der Waals surface area contributed by atoms with Gasteiger partial charge in [0.1, 0.15) is 0 Å². The van der Waals surface area contributed by atoms with Crippen LogP contribution in [0.15, 0.2) is 48.8 Å². The number of aromatic nitrogens is 2. The van der Waals surface area contributed by atoms with E-state index in [2.05, 4.69) is 31.2 Å². The molecule has 0 radical (unpaired) electrons. The van der Waals surface area contributed by atoms with Crippen LogP contribution in [0.3, 0.4) is 0 Å². The Bertz CT molecular complexity index is 2010. The van der Waals surface area contributed by atoms with E-state index in [4.69, 9.17) is 30.3 Å². The van der Waals surface area contributed by atoms with Crippen molar-refractivity contribution in [1.82, 2.24) is 31.2 Å². The molecule has 2 aromatic carbocycles. The van der Waals surface area contributed by atoms with Crippen LogP contribution in [-0.4, -0.2) is 107 Å². The van der Waals surface area contributed by atoms with E-state index >= 15 is 0 Å². The van der Waals surface area contributed by atoms with Gasteiger partial charge in [-0.05, 0) is 88.3 Å². The zero-order valence-corrected chi connectivity index (χ0v) is 30.2. The number of nitrogens with one attached hydrogen (secondary N) is 6. The van der Waals surface area contributed by atoms with Crippen LogP contribution < -0.4 is 21.3 Å². The number of nitriles is 2. The fraction of sp³-hybridized carbons (Fsp3) is 0.333. The lowest BCUT2D eigenvalue weighted by atomic mass is 10.1. The van der Waals surface area contributed by atoms with Crippen molar-refractivity contribution >= 4 is 57.1 Å². The van der Waals surface area contributed by atoms with Crippen LogP contribution in [0.1, 0.15) is 57.5 Å². The van der Waals surface area contributed by atoms with Gasteiger partial charge in [-0.25, -0.2) is 9.59 Å². The van der Waals surface area contributed by atoms with Crippen molar-refractivity contribution in [2.45, 2.75) is 38.0 Å². The highest BCUT2D eigenvalue weighted by Gasteiger charge is 2.39. The SMILES string of the molecule is N#Cc1ccc2[nH]cc(C(=O)C(=O)NCCCNCCCCNCCCNC(=O)C(=O)c3c[nH]c4ccc(C#N)cc34)c2c1.O=C(O)C(F)(F)F.O=C(O)C(F)(F)F. The van der Waals surface area contributed by atoms with E-state index in [1.807, 2.05) is 12.1 Å². The number of rotatable bonds is 17. The normalized spacial score (nSPS) is 10.9. The maximum atomic E-state index is 12.5. The molecular weight excluding hydrogens is 786 g/mol. The van der Waals surface area contributed by atoms with Gasteiger partial charge in [-0.15, -0.1) is 0 Å². The quantitative estimate of drug-likeness (QED) is 0.0328. The van der Waals surface area contributed by atoms with Gasteiger partial charge < -0.3 is 41.4 Å². The molecule has 4 rings (SSSR count). The van der Waals surface area contributed by atoms with Crippen LogP contribution in [-0.2, 0) is 19.2 Å². The average Bonchev–Trinajstić information content (AvgIpc) is 3.80. The summed E-state index contributed by atoms with van der Waals surface area (Å²) in [4.78, 5) is 73.4. The maximum Gasteiger partial charge on any atom is 0.490 e. The van der Waals surface area contributed by atoms with Crippen LogP contribution in [0.2, 0.25) is 0 Å². The third-order valence-corrected chi connectivity index (χ3v) is 7.60. The van der Waals surface area contributed by atoms with Crippen molar-refractivity contribution < 1.29 is 65.3 Å². The number of aliphatic carboxylic acids is 2. The molecule has 0 aliphatic heterocycles. The van der Waals surface area contributed by atoms with E-state index in [1.54, 1.807) is 36.4 Å². The molecule has 16 nitrogen and oxygen atoms in total. The van der Waals surface area contributed by atoms with E-state index in [0.29, 0.717) is 72.0 Å². The molecule has 2 amide bonds. The van der Waals surface area contributed by atoms with Crippen molar-refractivity contribution in [3.8, 4) is 12.1 Å². The molecule has 0 aliphatic rings. The number of hydrogen-bond acceptors (Lipinski definition) is 10. The first kappa shape index (κ1) is 47.4. The number of carboxylic acids is 2. The number of carboxylic acid groups (broad SMARTS) is 2. The van der Waals surface area contributed by atoms with Gasteiger partial charge >= 0.3 is 24.3 Å². The summed E-state index contributed by atoms with van der Waals surface area (Å²) in [6.07, 6.45) is -3.89. The minimum Gasteiger partial charge on any atom is -0.475 e. The summed E-state index contributed by atoms with van der Waals surface area (Å²) >= 11 is 0. The first-order valence-electron chi connectivity index (χ1n) is 17.0. The van der Waals surface area contributed by atoms with Gasteiger partial charge in [0.25, 0.3) is 23.4 Å². The molecular formula is C36H36F6N8O8. The summed E-state index contributed by atoms with van der Waals surface area (Å²) in [7, 11) is 0. The second-order valence-electron chi connectivity index (χ2n) is 11.8. The van der Waals surface area contributed by atoms with Crippen LogP contribution in [0.25, 0.3) is 21.8 Å². The Kier molecular flexibility index (Phi) is 18.5. The zero-order valence-electron chi connectivity index (χ0n) is 30.2. The number of amides is 2. The molecule has 4 aromatic rings. The summed E-state index contributed by atoms with van der Waals surface area (Å²) in [6, 6.07) is 14.0. The highest BCUT2D eigenvalue weighted by molar-refractivity contribution is 6.45. The van der Waals surface area contributed by atoms with Crippen molar-refractivity contribution in [3.63, 3.8) is 0 Å². The van der Waals surface area contributed by atoms with Gasteiger partial charge in [0.15, 0.2) is 0 Å². The molecule has 0 fully saturated rings. The number of fused-ring (bicyclic) bond motifs is 2. The predicted octanol–water partition coefficient (Wildman–Crippen LogP) is 3.70. The second kappa shape index (κ2) is 22.7. The molecule has 0 atom stereocenters. The molecule has 22 heteroatoms. The van der Waals surface area contributed by atoms with E-state index in [9.17, 15) is 45.5 Å². The summed E-state index contributed by atoms with van der Waals surface area (Å²) in [5, 5.41) is 45.5. The summed E-state index contributed by atoms with van der Waals surface area (Å²) < 4.78 is 63.5. The second-order valence-corrected chi connectivity index (χ2v) is 11.8. The molecule has 0 aliphatic carbocycles. The fourth-order valence-corrected chi connectivity index (χ4v) is 4.74. The van der Waals surface area contributed by atoms with Gasteiger partial charge in [0, 0.05) is 47.3 Å². The predicted molar refractivity (Wildman–Crippen MR) is 192 cm³/mol. The molecule has 0 unspecified atom stereocenters. The van der Waals surface area contributed by atoms with Crippen molar-refractivity contribution in [1.29, 1.82) is 10.5 Å². The minimum absolute atomic E-state index is 0.249. The molecule has 0 bridgehead atoms. The Hall–Kier alpha value is -6.78. The summed E-state index contributed by atoms with van der Waals surface area (Å²) in [6.45, 7) is 3.81. The lowest BCUT2D eigenvalue weighted by Crippen LogP contribution is -2.33. The average molecular weight is 823 g/mol. The Balaban J connectivity index is 0.000000707. The number of carbonyl (C=O) groups is 6. The zero-order chi connectivity index (χ0) is 43.5. The summed E-state index contributed by atoms with van der Waals surface area (Å²) in [5.74, 6) is -8.13. The molecule has 2 heterocycles. The Morgan fingerprint density at radius 2 is 0.897 bits per heavy atom. The van der Waals surface area contributed by atoms with Crippen LogP contribution in [0.5, 0.6) is 0 Å². The van der Waals surface area contributed by atoms with Crippen LogP contribution in [0.4, 0.5) is 26.3 Å². The number of alkyl halides is 6. The smallest absolute Gasteiger partial charge is 0.475 e. The number of unbranched alkanes of at least 4 members (excludes halogenated alkanes) is 1. The number of hydrogen-bond donors (Lipinski definition) is 8. The monoisotopic (exact) mass is 822 g/mol. The molecule has 0 spiro atoms. The van der Waals surface area contributed by atoms with Crippen LogP contribution >= 0.6 is 0 Å². The van der Waals surface area contributed by atoms with E-state index < -0.39 is 47.7 Å². The highest BCUT2D eigenvalue weighted by atomic mass is 19.4. The van der Waals surface area contributed by atoms with Gasteiger partial charge in [-0.2, -0.15) is 36.9 Å². The van der Waals surface area contributed by atoms with Gasteiger partial charge in [0.05, 0.1) is 34.4 Å². The van der Waals surface area contributed by atoms with Gasteiger partial charge in [-0.1, -0.05) is 0 Å². The molecule has 2 aromatic heterocycles. The Morgan fingerprint density at radius 1 is 0.569 bits per heavy atom. The minimum atomic E-state index is -5.08. The molecule has 8 N–H and O–H groups in total. The van der Waals surface area contributed by atoms with Crippen molar-refractivity contribution in [3.05, 3.63) is 71.0 Å². The largest absolute Gasteiger partial charge is 0.490 e. The number of Topliss-reactive ketones (excluding diaryl/α,β-unsaturated/α-hetero) is 2.